The molecule has 0 aromatic carbocycles. The van der Waals surface area contributed by atoms with Crippen LogP contribution in [0, 0.1) is 0 Å². The molecule has 0 aliphatic carbocycles. The molecule has 9 nitrogen and oxygen atoms in total. The lowest BCUT2D eigenvalue weighted by atomic mass is 10.3. The molecule has 2 amide bonds. The van der Waals surface area contributed by atoms with Crippen molar-refractivity contribution in [3.05, 3.63) is 38.0 Å². The van der Waals surface area contributed by atoms with Gasteiger partial charge in [-0.25, -0.2) is 24.2 Å². The van der Waals surface area contributed by atoms with Crippen LogP contribution in [0.1, 0.15) is 13.8 Å². The van der Waals surface area contributed by atoms with Crippen molar-refractivity contribution >= 4 is 30.2 Å². The average molecular weight is 366 g/mol. The van der Waals surface area contributed by atoms with Gasteiger partial charge in [0, 0.05) is 24.4 Å². The van der Waals surface area contributed by atoms with E-state index < -0.39 is 36.3 Å². The number of hydrogen-bond donors (Lipinski definition) is 0. The van der Waals surface area contributed by atoms with Gasteiger partial charge in [0.15, 0.2) is 12.3 Å². The zero-order chi connectivity index (χ0) is 20.1. The molecule has 2 unspecified atom stereocenters. The summed E-state index contributed by atoms with van der Waals surface area (Å²) < 4.78 is 14.9. The summed E-state index contributed by atoms with van der Waals surface area (Å²) in [6.07, 6.45) is 1.94. The summed E-state index contributed by atoms with van der Waals surface area (Å²) in [4.78, 5) is 50.9. The van der Waals surface area contributed by atoms with Gasteiger partial charge < -0.3 is 14.2 Å². The van der Waals surface area contributed by atoms with Gasteiger partial charge >= 0.3 is 23.9 Å². The first-order valence-corrected chi connectivity index (χ1v) is 7.53. The number of esters is 3. The minimum absolute atomic E-state index is 0.258. The van der Waals surface area contributed by atoms with E-state index >= 15 is 0 Å². The van der Waals surface area contributed by atoms with Gasteiger partial charge in [0.1, 0.15) is 6.61 Å². The smallest absolute Gasteiger partial charge is 0.346 e. The van der Waals surface area contributed by atoms with E-state index in [1.807, 2.05) is 0 Å². The Bertz CT molecular complexity index is 598. The SMILES string of the molecule is C=CC(=O)OCC(CN(C(=O)/N=C/C)C(C)OC(=O)C=C)OC(=O)C=C. The number of rotatable bonds is 10. The summed E-state index contributed by atoms with van der Waals surface area (Å²) in [7, 11) is 0. The summed E-state index contributed by atoms with van der Waals surface area (Å²) in [5, 5.41) is 0. The van der Waals surface area contributed by atoms with Crippen LogP contribution in [0.15, 0.2) is 43.0 Å². The Balaban J connectivity index is 5.37. The van der Waals surface area contributed by atoms with Crippen molar-refractivity contribution in [3.63, 3.8) is 0 Å². The molecule has 0 aliphatic heterocycles. The maximum atomic E-state index is 12.2. The van der Waals surface area contributed by atoms with Crippen LogP contribution in [-0.2, 0) is 28.6 Å². The highest BCUT2D eigenvalue weighted by atomic mass is 16.6. The molecule has 0 aromatic rings. The average Bonchev–Trinajstić information content (AvgIpc) is 2.62. The van der Waals surface area contributed by atoms with E-state index in [4.69, 9.17) is 14.2 Å². The second-order valence-electron chi connectivity index (χ2n) is 4.66. The Morgan fingerprint density at radius 3 is 2.04 bits per heavy atom. The van der Waals surface area contributed by atoms with Gasteiger partial charge in [-0.15, -0.1) is 0 Å². The molecule has 2 atom stereocenters. The van der Waals surface area contributed by atoms with Gasteiger partial charge in [0.25, 0.3) is 0 Å². The lowest BCUT2D eigenvalue weighted by Crippen LogP contribution is -2.46. The Morgan fingerprint density at radius 2 is 1.54 bits per heavy atom. The summed E-state index contributed by atoms with van der Waals surface area (Å²) in [6.45, 7) is 12.1. The molecule has 26 heavy (non-hydrogen) atoms. The molecule has 0 rings (SSSR count). The van der Waals surface area contributed by atoms with Crippen LogP contribution < -0.4 is 0 Å². The number of carbonyl (C=O) groups excluding carboxylic acids is 4. The first-order chi connectivity index (χ1) is 12.3. The topological polar surface area (TPSA) is 112 Å². The second kappa shape index (κ2) is 12.2. The van der Waals surface area contributed by atoms with E-state index in [-0.39, 0.29) is 13.2 Å². The quantitative estimate of drug-likeness (QED) is 0.189. The van der Waals surface area contributed by atoms with E-state index in [1.165, 1.54) is 20.1 Å². The highest BCUT2D eigenvalue weighted by Crippen LogP contribution is 2.09. The minimum Gasteiger partial charge on any atom is -0.459 e. The maximum Gasteiger partial charge on any atom is 0.346 e. The van der Waals surface area contributed by atoms with Crippen molar-refractivity contribution < 1.29 is 33.4 Å². The van der Waals surface area contributed by atoms with Crippen molar-refractivity contribution in [1.82, 2.24) is 4.90 Å². The summed E-state index contributed by atoms with van der Waals surface area (Å²) in [5.41, 5.74) is 0. The van der Waals surface area contributed by atoms with Crippen molar-refractivity contribution in [1.29, 1.82) is 0 Å². The van der Waals surface area contributed by atoms with Gasteiger partial charge in [0.05, 0.1) is 6.54 Å². The lowest BCUT2D eigenvalue weighted by molar-refractivity contribution is -0.158. The monoisotopic (exact) mass is 366 g/mol. The molecule has 0 aromatic heterocycles. The number of hydrogen-bond acceptors (Lipinski definition) is 7. The largest absolute Gasteiger partial charge is 0.459 e. The molecule has 0 heterocycles. The number of urea groups is 1. The highest BCUT2D eigenvalue weighted by Gasteiger charge is 2.28. The molecule has 0 N–H and O–H groups in total. The molecule has 142 valence electrons. The Labute approximate surface area is 151 Å². The molecule has 0 radical (unpaired) electrons. The van der Waals surface area contributed by atoms with Crippen molar-refractivity contribution in [2.24, 2.45) is 4.99 Å². The van der Waals surface area contributed by atoms with E-state index in [1.54, 1.807) is 0 Å². The zero-order valence-corrected chi connectivity index (χ0v) is 14.8. The normalized spacial score (nSPS) is 12.4. The number of aliphatic imine (C=N–C) groups is 1. The van der Waals surface area contributed by atoms with Crippen LogP contribution in [0.5, 0.6) is 0 Å². The minimum atomic E-state index is -1.05. The Kier molecular flexibility index (Phi) is 10.7. The number of amides is 2. The van der Waals surface area contributed by atoms with Gasteiger partial charge in [-0.2, -0.15) is 0 Å². The van der Waals surface area contributed by atoms with Crippen molar-refractivity contribution in [2.75, 3.05) is 13.2 Å². The predicted molar refractivity (Wildman–Crippen MR) is 93.3 cm³/mol. The summed E-state index contributed by atoms with van der Waals surface area (Å²) in [5.74, 6) is -2.28. The van der Waals surface area contributed by atoms with Gasteiger partial charge in [0.2, 0.25) is 0 Å². The van der Waals surface area contributed by atoms with Crippen LogP contribution in [0.25, 0.3) is 0 Å². The van der Waals surface area contributed by atoms with Crippen molar-refractivity contribution in [3.8, 4) is 0 Å². The van der Waals surface area contributed by atoms with Gasteiger partial charge in [-0.05, 0) is 13.8 Å². The van der Waals surface area contributed by atoms with Gasteiger partial charge in [-0.3, -0.25) is 4.90 Å². The van der Waals surface area contributed by atoms with Crippen LogP contribution >= 0.6 is 0 Å². The molecule has 9 heteroatoms. The molecule has 0 aliphatic rings. The van der Waals surface area contributed by atoms with Gasteiger partial charge in [-0.1, -0.05) is 19.7 Å². The fourth-order valence-corrected chi connectivity index (χ4v) is 1.64. The maximum absolute atomic E-state index is 12.2. The van der Waals surface area contributed by atoms with E-state index in [0.29, 0.717) is 0 Å². The summed E-state index contributed by atoms with van der Waals surface area (Å²) in [6, 6.07) is -0.744. The van der Waals surface area contributed by atoms with E-state index in [9.17, 15) is 19.2 Å². The first kappa shape index (κ1) is 22.8. The van der Waals surface area contributed by atoms with Crippen LogP contribution in [0.4, 0.5) is 4.79 Å². The Morgan fingerprint density at radius 1 is 1.00 bits per heavy atom. The molecule has 0 fully saturated rings. The Hall–Kier alpha value is -3.23. The number of ether oxygens (including phenoxy) is 3. The standard InChI is InChI=1S/C17H22N2O7/c1-6-14(20)24-11-13(26-16(22)8-3)10-19(17(23)18-9-4)12(5)25-15(21)7-2/h6-9,12-13H,1-3,10-11H2,4-5H3/b18-9+. The zero-order valence-electron chi connectivity index (χ0n) is 14.8. The molecule has 0 spiro atoms. The summed E-state index contributed by atoms with van der Waals surface area (Å²) >= 11 is 0. The molecular formula is C17H22N2O7. The first-order valence-electron chi connectivity index (χ1n) is 7.53. The van der Waals surface area contributed by atoms with Crippen LogP contribution in [0.2, 0.25) is 0 Å². The fourth-order valence-electron chi connectivity index (χ4n) is 1.64. The highest BCUT2D eigenvalue weighted by molar-refractivity contribution is 5.85. The number of carbonyl (C=O) groups is 4. The molecule has 0 saturated heterocycles. The van der Waals surface area contributed by atoms with Crippen molar-refractivity contribution in [2.45, 2.75) is 26.2 Å². The number of nitrogens with zero attached hydrogens (tertiary/aromatic N) is 2. The third kappa shape index (κ3) is 8.57. The molecule has 0 saturated carbocycles. The molecular weight excluding hydrogens is 344 g/mol. The fraction of sp³-hybridized carbons (Fsp3) is 0.353. The lowest BCUT2D eigenvalue weighted by Gasteiger charge is -2.29. The third-order valence-corrected chi connectivity index (χ3v) is 2.81. The van der Waals surface area contributed by atoms with E-state index in [2.05, 4.69) is 24.7 Å². The van der Waals surface area contributed by atoms with E-state index in [0.717, 1.165) is 23.1 Å². The predicted octanol–water partition coefficient (Wildman–Crippen LogP) is 1.40. The third-order valence-electron chi connectivity index (χ3n) is 2.81. The molecule has 0 bridgehead atoms. The second-order valence-corrected chi connectivity index (χ2v) is 4.66. The van der Waals surface area contributed by atoms with Crippen LogP contribution in [-0.4, -0.2) is 60.5 Å². The van der Waals surface area contributed by atoms with Crippen LogP contribution in [0.3, 0.4) is 0 Å².